The third kappa shape index (κ3) is 2.21. The number of halogens is 1. The summed E-state index contributed by atoms with van der Waals surface area (Å²) in [5, 5.41) is 10.5. The van der Waals surface area contributed by atoms with Gasteiger partial charge in [-0.25, -0.2) is 4.99 Å². The molecule has 2 rings (SSSR count). The van der Waals surface area contributed by atoms with Gasteiger partial charge in [-0.05, 0) is 34.7 Å². The van der Waals surface area contributed by atoms with Crippen molar-refractivity contribution in [3.63, 3.8) is 0 Å². The number of hydrogen-bond donors (Lipinski definition) is 0. The normalized spacial score (nSPS) is 17.1. The van der Waals surface area contributed by atoms with Crippen LogP contribution in [0.5, 0.6) is 0 Å². The number of hydrogen-bond acceptors (Lipinski definition) is 4. The fourth-order valence-electron chi connectivity index (χ4n) is 1.27. The van der Waals surface area contributed by atoms with E-state index < -0.39 is 4.92 Å². The Hall–Kier alpha value is -1.44. The summed E-state index contributed by atoms with van der Waals surface area (Å²) in [5.74, 6) is 1.30. The predicted molar refractivity (Wildman–Crippen MR) is 67.7 cm³/mol. The van der Waals surface area contributed by atoms with Crippen LogP contribution < -0.4 is 0 Å². The average Bonchev–Trinajstić information content (AvgIpc) is 2.77. The minimum atomic E-state index is -0.433. The van der Waals surface area contributed by atoms with E-state index in [9.17, 15) is 10.1 Å². The first kappa shape index (κ1) is 11.1. The molecule has 0 saturated carbocycles. The number of nitro benzene ring substituents is 1. The molecule has 0 radical (unpaired) electrons. The molecule has 0 atom stereocenters. The van der Waals surface area contributed by atoms with Crippen LogP contribution in [0.25, 0.3) is 0 Å². The lowest BCUT2D eigenvalue weighted by Crippen LogP contribution is -2.00. The maximum Gasteiger partial charge on any atom is 0.269 e. The summed E-state index contributed by atoms with van der Waals surface area (Å²) in [6.07, 6.45) is 0. The van der Waals surface area contributed by atoms with E-state index in [1.807, 2.05) is 4.08 Å². The Morgan fingerprint density at radius 3 is 2.62 bits per heavy atom. The molecule has 1 aromatic carbocycles. The molecule has 1 aliphatic heterocycles. The van der Waals surface area contributed by atoms with Gasteiger partial charge in [-0.15, -0.1) is 0 Å². The van der Waals surface area contributed by atoms with E-state index in [1.165, 1.54) is 12.1 Å². The molecule has 0 saturated heterocycles. The summed E-state index contributed by atoms with van der Waals surface area (Å²) >= 11 is 2.08. The van der Waals surface area contributed by atoms with Gasteiger partial charge in [0.05, 0.1) is 4.92 Å². The topological polar surface area (TPSA) is 64.7 Å². The first-order valence-electron chi connectivity index (χ1n) is 4.47. The van der Waals surface area contributed by atoms with Crippen molar-refractivity contribution in [1.29, 1.82) is 0 Å². The van der Waals surface area contributed by atoms with Gasteiger partial charge in [0.15, 0.2) is 0 Å². The lowest BCUT2D eigenvalue weighted by molar-refractivity contribution is -0.384. The number of nitro groups is 1. The minimum absolute atomic E-state index is 0.0620. The molecule has 6 heteroatoms. The Morgan fingerprint density at radius 2 is 2.12 bits per heavy atom. The molecule has 0 amide bonds. The highest BCUT2D eigenvalue weighted by Gasteiger charge is 2.15. The molecule has 0 unspecified atom stereocenters. The van der Waals surface area contributed by atoms with E-state index in [1.54, 1.807) is 12.1 Å². The maximum atomic E-state index is 10.5. The van der Waals surface area contributed by atoms with Gasteiger partial charge in [0.1, 0.15) is 12.3 Å². The fraction of sp³-hybridized carbons (Fsp3) is 0.100. The van der Waals surface area contributed by atoms with Crippen LogP contribution in [0.4, 0.5) is 5.69 Å². The molecule has 0 spiro atoms. The van der Waals surface area contributed by atoms with Crippen LogP contribution in [0.15, 0.2) is 39.1 Å². The molecular weight excluding hydrogens is 323 g/mol. The Kier molecular flexibility index (Phi) is 3.18. The average molecular weight is 330 g/mol. The van der Waals surface area contributed by atoms with Crippen molar-refractivity contribution in [2.75, 3.05) is 6.54 Å². The molecule has 1 heterocycles. The van der Waals surface area contributed by atoms with Crippen molar-refractivity contribution >= 4 is 34.2 Å². The first-order chi connectivity index (χ1) is 7.70. The fourth-order valence-corrected chi connectivity index (χ4v) is 1.60. The zero-order valence-corrected chi connectivity index (χ0v) is 10.2. The summed E-state index contributed by atoms with van der Waals surface area (Å²) < 4.78 is 7.25. The van der Waals surface area contributed by atoms with Crippen LogP contribution in [-0.4, -0.2) is 17.4 Å². The number of non-ortho nitro benzene ring substituents is 1. The van der Waals surface area contributed by atoms with Gasteiger partial charge in [0.2, 0.25) is 5.90 Å². The second-order valence-electron chi connectivity index (χ2n) is 3.10. The van der Waals surface area contributed by atoms with E-state index in [-0.39, 0.29) is 5.69 Å². The molecule has 0 bridgehead atoms. The van der Waals surface area contributed by atoms with Gasteiger partial charge in [-0.3, -0.25) is 10.1 Å². The molecule has 16 heavy (non-hydrogen) atoms. The van der Waals surface area contributed by atoms with Gasteiger partial charge in [-0.2, -0.15) is 0 Å². The van der Waals surface area contributed by atoms with Crippen LogP contribution in [0.1, 0.15) is 5.56 Å². The standard InChI is InChI=1S/C10H7IN2O3/c11-5-9-6-12-10(16-9)7-1-3-8(4-2-7)13(14)15/h1-5H,6H2/b9-5+. The van der Waals surface area contributed by atoms with Gasteiger partial charge in [0, 0.05) is 21.8 Å². The minimum Gasteiger partial charge on any atom is -0.441 e. The smallest absolute Gasteiger partial charge is 0.269 e. The van der Waals surface area contributed by atoms with Gasteiger partial charge in [0.25, 0.3) is 5.69 Å². The number of aliphatic imine (C=N–C) groups is 1. The Labute approximate surface area is 105 Å². The van der Waals surface area contributed by atoms with Crippen LogP contribution in [0.3, 0.4) is 0 Å². The molecule has 0 aliphatic carbocycles. The predicted octanol–water partition coefficient (Wildman–Crippen LogP) is 2.65. The largest absolute Gasteiger partial charge is 0.441 e. The quantitative estimate of drug-likeness (QED) is 0.476. The van der Waals surface area contributed by atoms with E-state index in [0.29, 0.717) is 12.4 Å². The van der Waals surface area contributed by atoms with E-state index >= 15 is 0 Å². The molecule has 1 aliphatic rings. The molecule has 5 nitrogen and oxygen atoms in total. The van der Waals surface area contributed by atoms with Crippen molar-refractivity contribution in [2.45, 2.75) is 0 Å². The lowest BCUT2D eigenvalue weighted by Gasteiger charge is -2.01. The van der Waals surface area contributed by atoms with Crippen LogP contribution in [-0.2, 0) is 4.74 Å². The lowest BCUT2D eigenvalue weighted by atomic mass is 10.2. The van der Waals surface area contributed by atoms with E-state index in [2.05, 4.69) is 27.6 Å². The Bertz CT molecular complexity index is 479. The number of ether oxygens (including phenoxy) is 1. The molecule has 0 N–H and O–H groups in total. The third-order valence-electron chi connectivity index (χ3n) is 2.05. The third-order valence-corrected chi connectivity index (χ3v) is 2.75. The number of nitrogens with zero attached hydrogens (tertiary/aromatic N) is 2. The SMILES string of the molecule is O=[N+]([O-])c1ccc(C2=NC/C(=C\I)O2)cc1. The van der Waals surface area contributed by atoms with Gasteiger partial charge in [-0.1, -0.05) is 0 Å². The van der Waals surface area contributed by atoms with Crippen molar-refractivity contribution in [1.82, 2.24) is 0 Å². The zero-order valence-electron chi connectivity index (χ0n) is 8.09. The highest BCUT2D eigenvalue weighted by molar-refractivity contribution is 14.1. The van der Waals surface area contributed by atoms with Crippen molar-refractivity contribution in [2.24, 2.45) is 4.99 Å². The summed E-state index contributed by atoms with van der Waals surface area (Å²) in [6, 6.07) is 6.14. The van der Waals surface area contributed by atoms with Gasteiger partial charge < -0.3 is 4.74 Å². The Morgan fingerprint density at radius 1 is 1.44 bits per heavy atom. The monoisotopic (exact) mass is 330 g/mol. The number of benzene rings is 1. The molecule has 0 fully saturated rings. The summed E-state index contributed by atoms with van der Waals surface area (Å²) in [5.41, 5.74) is 0.811. The highest BCUT2D eigenvalue weighted by atomic mass is 127. The second-order valence-corrected chi connectivity index (χ2v) is 3.73. The summed E-state index contributed by atoms with van der Waals surface area (Å²) in [7, 11) is 0. The summed E-state index contributed by atoms with van der Waals surface area (Å²) in [4.78, 5) is 14.2. The molecular formula is C10H7IN2O3. The second kappa shape index (κ2) is 4.60. The van der Waals surface area contributed by atoms with Crippen LogP contribution in [0.2, 0.25) is 0 Å². The zero-order chi connectivity index (χ0) is 11.5. The molecule has 82 valence electrons. The van der Waals surface area contributed by atoms with Crippen molar-refractivity contribution in [3.05, 3.63) is 49.8 Å². The number of rotatable bonds is 2. The van der Waals surface area contributed by atoms with Crippen LogP contribution in [0, 0.1) is 10.1 Å². The molecule has 1 aromatic rings. The van der Waals surface area contributed by atoms with Crippen molar-refractivity contribution in [3.8, 4) is 0 Å². The highest BCUT2D eigenvalue weighted by Crippen LogP contribution is 2.18. The molecule has 0 aromatic heterocycles. The summed E-state index contributed by atoms with van der Waals surface area (Å²) in [6.45, 7) is 0.523. The van der Waals surface area contributed by atoms with E-state index in [4.69, 9.17) is 4.74 Å². The van der Waals surface area contributed by atoms with E-state index in [0.717, 1.165) is 11.3 Å². The van der Waals surface area contributed by atoms with Crippen molar-refractivity contribution < 1.29 is 9.66 Å². The van der Waals surface area contributed by atoms with Gasteiger partial charge >= 0.3 is 0 Å². The maximum absolute atomic E-state index is 10.5. The first-order valence-corrected chi connectivity index (χ1v) is 5.71. The van der Waals surface area contributed by atoms with Crippen LogP contribution >= 0.6 is 22.6 Å². The Balaban J connectivity index is 2.20.